The number of hydrogen-bond donors (Lipinski definition) is 0. The van der Waals surface area contributed by atoms with Crippen molar-refractivity contribution in [3.8, 4) is 11.1 Å². The van der Waals surface area contributed by atoms with Gasteiger partial charge in [-0.05, 0) is 72.7 Å². The van der Waals surface area contributed by atoms with E-state index in [1.165, 1.54) is 18.2 Å². The summed E-state index contributed by atoms with van der Waals surface area (Å²) >= 11 is 0. The van der Waals surface area contributed by atoms with Crippen LogP contribution in [0.4, 0.5) is 26.3 Å². The van der Waals surface area contributed by atoms with Crippen LogP contribution in [-0.4, -0.2) is 19.6 Å². The highest BCUT2D eigenvalue weighted by atomic mass is 19.3. The molecule has 39 heavy (non-hydrogen) atoms. The van der Waals surface area contributed by atoms with Gasteiger partial charge in [0.1, 0.15) is 23.3 Å². The zero-order valence-corrected chi connectivity index (χ0v) is 21.5. The first-order valence-corrected chi connectivity index (χ1v) is 13.0. The molecule has 0 unspecified atom stereocenters. The summed E-state index contributed by atoms with van der Waals surface area (Å²) < 4.78 is 94.5. The van der Waals surface area contributed by atoms with Crippen LogP contribution in [0.25, 0.3) is 11.1 Å². The van der Waals surface area contributed by atoms with Gasteiger partial charge in [0.25, 0.3) is 6.43 Å². The number of hydrogen-bond acceptors (Lipinski definition) is 2. The lowest BCUT2D eigenvalue weighted by atomic mass is 9.97. The largest absolute Gasteiger partial charge is 0.348 e. The van der Waals surface area contributed by atoms with E-state index in [9.17, 15) is 26.3 Å². The molecule has 0 N–H and O–H groups in total. The van der Waals surface area contributed by atoms with Crippen LogP contribution in [0.15, 0.2) is 60.7 Å². The molecule has 0 atom stereocenters. The van der Waals surface area contributed by atoms with Crippen LogP contribution in [0.2, 0.25) is 0 Å². The van der Waals surface area contributed by atoms with E-state index in [1.807, 2.05) is 0 Å². The summed E-state index contributed by atoms with van der Waals surface area (Å²) in [5.74, 6) is -2.45. The second kappa shape index (κ2) is 13.3. The van der Waals surface area contributed by atoms with Crippen molar-refractivity contribution in [1.29, 1.82) is 0 Å². The van der Waals surface area contributed by atoms with Crippen LogP contribution in [0.1, 0.15) is 48.3 Å². The number of allylic oxidation sites excluding steroid dienone is 2. The predicted molar refractivity (Wildman–Crippen MR) is 137 cm³/mol. The minimum Gasteiger partial charge on any atom is -0.348 e. The lowest BCUT2D eigenvalue weighted by Crippen LogP contribution is -2.27. The van der Waals surface area contributed by atoms with Crippen molar-refractivity contribution in [2.45, 2.75) is 51.7 Å². The first-order valence-electron chi connectivity index (χ1n) is 13.0. The van der Waals surface area contributed by atoms with E-state index >= 15 is 0 Å². The third-order valence-corrected chi connectivity index (χ3v) is 6.78. The van der Waals surface area contributed by atoms with Crippen LogP contribution in [-0.2, 0) is 28.7 Å². The Hall–Kier alpha value is -3.10. The summed E-state index contributed by atoms with van der Waals surface area (Å²) in [5, 5.41) is 0. The van der Waals surface area contributed by atoms with Crippen molar-refractivity contribution in [2.24, 2.45) is 5.92 Å². The molecule has 1 fully saturated rings. The third-order valence-electron chi connectivity index (χ3n) is 6.78. The van der Waals surface area contributed by atoms with E-state index in [0.717, 1.165) is 31.1 Å². The summed E-state index contributed by atoms with van der Waals surface area (Å²) in [4.78, 5) is 0. The van der Waals surface area contributed by atoms with Gasteiger partial charge >= 0.3 is 0 Å². The molecule has 0 bridgehead atoms. The Morgan fingerprint density at radius 3 is 2.18 bits per heavy atom. The Morgan fingerprint density at radius 1 is 0.846 bits per heavy atom. The fourth-order valence-electron chi connectivity index (χ4n) is 4.70. The second-order valence-corrected chi connectivity index (χ2v) is 9.70. The molecule has 1 heterocycles. The zero-order valence-electron chi connectivity index (χ0n) is 21.5. The van der Waals surface area contributed by atoms with Crippen LogP contribution in [0, 0.1) is 29.2 Å². The van der Waals surface area contributed by atoms with Gasteiger partial charge in [0.05, 0.1) is 13.2 Å². The molecule has 3 aromatic carbocycles. The van der Waals surface area contributed by atoms with Gasteiger partial charge in [-0.15, -0.1) is 0 Å². The maximum Gasteiger partial charge on any atom is 0.257 e. The quantitative estimate of drug-likeness (QED) is 0.187. The first kappa shape index (κ1) is 28.9. The SMILES string of the molecule is CCCC1COC(c2ccc(-c3ccc(CCc4cc(F)c(CC=CC(F)F)c(F)c4)c(F)c3)c(F)c2)OC1. The number of rotatable bonds is 10. The van der Waals surface area contributed by atoms with Crippen LogP contribution in [0.5, 0.6) is 0 Å². The molecule has 1 aliphatic heterocycles. The molecule has 3 aromatic rings. The Kier molecular flexibility index (Phi) is 9.86. The van der Waals surface area contributed by atoms with Gasteiger partial charge < -0.3 is 9.47 Å². The van der Waals surface area contributed by atoms with E-state index in [1.54, 1.807) is 18.2 Å². The van der Waals surface area contributed by atoms with Gasteiger partial charge in [-0.2, -0.15) is 0 Å². The zero-order chi connectivity index (χ0) is 27.9. The maximum atomic E-state index is 15.0. The topological polar surface area (TPSA) is 18.5 Å². The van der Waals surface area contributed by atoms with Crippen LogP contribution < -0.4 is 0 Å². The molecule has 1 aliphatic rings. The smallest absolute Gasteiger partial charge is 0.257 e. The van der Waals surface area contributed by atoms with Crippen molar-refractivity contribution < 1.29 is 35.8 Å². The summed E-state index contributed by atoms with van der Waals surface area (Å²) in [5.41, 5.74) is 1.45. The highest BCUT2D eigenvalue weighted by Gasteiger charge is 2.24. The number of ether oxygens (including phenoxy) is 2. The molecular weight excluding hydrogens is 518 g/mol. The standard InChI is InChI=1S/C31H30F6O2/c1-2-4-20-17-38-31(39-18-20)23-11-12-24(29(35)16-23)22-10-9-21(26(32)15-22)8-7-19-13-27(33)25(28(34)14-19)5-3-6-30(36)37/h3,6,9-16,20,30-31H,2,4-5,7-8,17-18H2,1H3. The maximum absolute atomic E-state index is 15.0. The van der Waals surface area contributed by atoms with Crippen molar-refractivity contribution in [2.75, 3.05) is 13.2 Å². The molecule has 2 nitrogen and oxygen atoms in total. The first-order chi connectivity index (χ1) is 18.7. The van der Waals surface area contributed by atoms with Gasteiger partial charge in [-0.3, -0.25) is 0 Å². The summed E-state index contributed by atoms with van der Waals surface area (Å²) in [6.07, 6.45) is 0.307. The minimum atomic E-state index is -2.70. The molecule has 208 valence electrons. The molecular formula is C31H30F6O2. The normalized spacial score (nSPS) is 17.8. The van der Waals surface area contributed by atoms with E-state index in [-0.39, 0.29) is 30.4 Å². The van der Waals surface area contributed by atoms with Crippen LogP contribution >= 0.6 is 0 Å². The fourth-order valence-corrected chi connectivity index (χ4v) is 4.70. The average molecular weight is 549 g/mol. The molecule has 0 radical (unpaired) electrons. The molecule has 0 aromatic heterocycles. The Balaban J connectivity index is 1.40. The van der Waals surface area contributed by atoms with Crippen LogP contribution in [0.3, 0.4) is 0 Å². The van der Waals surface area contributed by atoms with E-state index in [2.05, 4.69) is 6.92 Å². The summed E-state index contributed by atoms with van der Waals surface area (Å²) in [6.45, 7) is 3.20. The Labute approximate surface area is 224 Å². The lowest BCUT2D eigenvalue weighted by Gasteiger charge is -2.29. The molecule has 0 amide bonds. The predicted octanol–water partition coefficient (Wildman–Crippen LogP) is 8.52. The van der Waals surface area contributed by atoms with Gasteiger partial charge in [-0.25, -0.2) is 26.3 Å². The fraction of sp³-hybridized carbons (Fsp3) is 0.355. The number of alkyl halides is 2. The van der Waals surface area contributed by atoms with E-state index in [0.29, 0.717) is 47.5 Å². The molecule has 0 spiro atoms. The second-order valence-electron chi connectivity index (χ2n) is 9.70. The highest BCUT2D eigenvalue weighted by molar-refractivity contribution is 5.65. The minimum absolute atomic E-state index is 0.154. The average Bonchev–Trinajstić information content (AvgIpc) is 2.90. The molecule has 4 rings (SSSR count). The van der Waals surface area contributed by atoms with Crippen molar-refractivity contribution in [3.63, 3.8) is 0 Å². The Morgan fingerprint density at radius 2 is 1.56 bits per heavy atom. The van der Waals surface area contributed by atoms with E-state index in [4.69, 9.17) is 9.47 Å². The van der Waals surface area contributed by atoms with Crippen molar-refractivity contribution >= 4 is 0 Å². The lowest BCUT2D eigenvalue weighted by molar-refractivity contribution is -0.206. The highest BCUT2D eigenvalue weighted by Crippen LogP contribution is 2.31. The third kappa shape index (κ3) is 7.51. The molecule has 8 heteroatoms. The van der Waals surface area contributed by atoms with Gasteiger partial charge in [-0.1, -0.05) is 43.7 Å². The van der Waals surface area contributed by atoms with E-state index < -0.39 is 36.0 Å². The number of benzene rings is 3. The van der Waals surface area contributed by atoms with Crippen molar-refractivity contribution in [1.82, 2.24) is 0 Å². The number of aryl methyl sites for hydroxylation is 2. The molecule has 0 aliphatic carbocycles. The van der Waals surface area contributed by atoms with Crippen molar-refractivity contribution in [3.05, 3.63) is 106 Å². The molecule has 0 saturated carbocycles. The molecule has 1 saturated heterocycles. The van der Waals surface area contributed by atoms with Gasteiger partial charge in [0.2, 0.25) is 0 Å². The monoisotopic (exact) mass is 548 g/mol. The number of halogens is 6. The Bertz CT molecular complexity index is 1280. The van der Waals surface area contributed by atoms with Gasteiger partial charge in [0.15, 0.2) is 6.29 Å². The summed E-state index contributed by atoms with van der Waals surface area (Å²) in [7, 11) is 0. The summed E-state index contributed by atoms with van der Waals surface area (Å²) in [6, 6.07) is 11.2. The van der Waals surface area contributed by atoms with Gasteiger partial charge in [0, 0.05) is 22.6 Å².